The Hall–Kier alpha value is -2.69. The van der Waals surface area contributed by atoms with Crippen molar-refractivity contribution < 1.29 is 14.0 Å². The van der Waals surface area contributed by atoms with Gasteiger partial charge in [-0.1, -0.05) is 36.4 Å². The van der Waals surface area contributed by atoms with Gasteiger partial charge in [0.1, 0.15) is 5.82 Å². The minimum Gasteiger partial charge on any atom is -0.352 e. The second kappa shape index (κ2) is 7.47. The first-order valence-corrected chi connectivity index (χ1v) is 8.41. The number of rotatable bonds is 4. The first-order chi connectivity index (χ1) is 12.0. The molecule has 0 aliphatic carbocycles. The third kappa shape index (κ3) is 4.05. The third-order valence-electron chi connectivity index (χ3n) is 4.60. The van der Waals surface area contributed by atoms with E-state index in [1.165, 1.54) is 24.6 Å². The van der Waals surface area contributed by atoms with Crippen LogP contribution in [0.2, 0.25) is 0 Å². The summed E-state index contributed by atoms with van der Waals surface area (Å²) in [5, 5.41) is 2.86. The molecule has 1 aliphatic rings. The molecule has 2 amide bonds. The quantitative estimate of drug-likeness (QED) is 0.930. The van der Waals surface area contributed by atoms with Gasteiger partial charge in [-0.05, 0) is 35.2 Å². The monoisotopic (exact) mass is 340 g/mol. The van der Waals surface area contributed by atoms with E-state index in [-0.39, 0.29) is 30.1 Å². The molecule has 25 heavy (non-hydrogen) atoms. The molecule has 5 heteroatoms. The Morgan fingerprint density at radius 1 is 1.16 bits per heavy atom. The Kier molecular flexibility index (Phi) is 5.12. The molecular weight excluding hydrogens is 319 g/mol. The van der Waals surface area contributed by atoms with Crippen LogP contribution in [0.3, 0.4) is 0 Å². The fourth-order valence-corrected chi connectivity index (χ4v) is 3.30. The fraction of sp³-hybridized carbons (Fsp3) is 0.300. The van der Waals surface area contributed by atoms with Crippen LogP contribution in [-0.2, 0) is 22.6 Å². The zero-order valence-corrected chi connectivity index (χ0v) is 14.2. The van der Waals surface area contributed by atoms with Crippen molar-refractivity contribution in [3.8, 4) is 0 Å². The molecule has 1 N–H and O–H groups in total. The SMILES string of the molecule is CC(=O)N1CCc2ccccc2C1CC(=O)NCc1ccc(F)cc1. The third-order valence-corrected chi connectivity index (χ3v) is 4.60. The lowest BCUT2D eigenvalue weighted by Crippen LogP contribution is -2.41. The molecule has 130 valence electrons. The van der Waals surface area contributed by atoms with E-state index in [0.29, 0.717) is 13.1 Å². The number of amides is 2. The van der Waals surface area contributed by atoms with Crippen LogP contribution in [0.5, 0.6) is 0 Å². The summed E-state index contributed by atoms with van der Waals surface area (Å²) >= 11 is 0. The number of hydrogen-bond donors (Lipinski definition) is 1. The molecule has 0 bridgehead atoms. The predicted octanol–water partition coefficient (Wildman–Crippen LogP) is 2.98. The van der Waals surface area contributed by atoms with E-state index in [1.807, 2.05) is 18.2 Å². The number of benzene rings is 2. The van der Waals surface area contributed by atoms with E-state index in [0.717, 1.165) is 17.5 Å². The van der Waals surface area contributed by atoms with Gasteiger partial charge < -0.3 is 10.2 Å². The zero-order valence-electron chi connectivity index (χ0n) is 14.2. The standard InChI is InChI=1S/C20H21FN2O2/c1-14(24)23-11-10-16-4-2-3-5-18(16)19(23)12-20(25)22-13-15-6-8-17(21)9-7-15/h2-9,19H,10-13H2,1H3,(H,22,25). The van der Waals surface area contributed by atoms with Crippen LogP contribution in [0.4, 0.5) is 4.39 Å². The molecule has 0 radical (unpaired) electrons. The highest BCUT2D eigenvalue weighted by atomic mass is 19.1. The molecule has 1 aliphatic heterocycles. The maximum atomic E-state index is 12.9. The molecule has 1 heterocycles. The Labute approximate surface area is 146 Å². The molecule has 0 fully saturated rings. The first kappa shape index (κ1) is 17.1. The second-order valence-corrected chi connectivity index (χ2v) is 6.28. The topological polar surface area (TPSA) is 49.4 Å². The van der Waals surface area contributed by atoms with Crippen LogP contribution >= 0.6 is 0 Å². The minimum absolute atomic E-state index is 0.0224. The molecule has 2 aromatic rings. The lowest BCUT2D eigenvalue weighted by Gasteiger charge is -2.36. The molecule has 0 saturated carbocycles. The highest BCUT2D eigenvalue weighted by molar-refractivity contribution is 5.79. The van der Waals surface area contributed by atoms with Crippen LogP contribution in [-0.4, -0.2) is 23.3 Å². The molecule has 1 unspecified atom stereocenters. The Morgan fingerprint density at radius 2 is 1.88 bits per heavy atom. The molecule has 0 saturated heterocycles. The van der Waals surface area contributed by atoms with E-state index in [4.69, 9.17) is 0 Å². The van der Waals surface area contributed by atoms with Gasteiger partial charge in [0, 0.05) is 20.0 Å². The Bertz CT molecular complexity index is 774. The van der Waals surface area contributed by atoms with Gasteiger partial charge in [0.25, 0.3) is 0 Å². The largest absolute Gasteiger partial charge is 0.352 e. The summed E-state index contributed by atoms with van der Waals surface area (Å²) in [5.41, 5.74) is 3.07. The molecular formula is C20H21FN2O2. The van der Waals surface area contributed by atoms with Crippen LogP contribution in [0.15, 0.2) is 48.5 Å². The smallest absolute Gasteiger partial charge is 0.222 e. The molecule has 3 rings (SSSR count). The maximum absolute atomic E-state index is 12.9. The summed E-state index contributed by atoms with van der Waals surface area (Å²) < 4.78 is 12.9. The van der Waals surface area contributed by atoms with Gasteiger partial charge >= 0.3 is 0 Å². The second-order valence-electron chi connectivity index (χ2n) is 6.28. The molecule has 1 atom stereocenters. The summed E-state index contributed by atoms with van der Waals surface area (Å²) in [6.07, 6.45) is 1.03. The van der Waals surface area contributed by atoms with Gasteiger partial charge in [-0.3, -0.25) is 9.59 Å². The van der Waals surface area contributed by atoms with Crippen LogP contribution in [0.25, 0.3) is 0 Å². The van der Waals surface area contributed by atoms with Crippen molar-refractivity contribution in [1.29, 1.82) is 0 Å². The first-order valence-electron chi connectivity index (χ1n) is 8.41. The lowest BCUT2D eigenvalue weighted by atomic mass is 9.90. The van der Waals surface area contributed by atoms with E-state index in [1.54, 1.807) is 17.0 Å². The summed E-state index contributed by atoms with van der Waals surface area (Å²) in [7, 11) is 0. The van der Waals surface area contributed by atoms with Crippen molar-refractivity contribution in [2.45, 2.75) is 32.4 Å². The highest BCUT2D eigenvalue weighted by Crippen LogP contribution is 2.32. The van der Waals surface area contributed by atoms with Crippen molar-refractivity contribution in [2.24, 2.45) is 0 Å². The average Bonchev–Trinajstić information content (AvgIpc) is 2.61. The molecule has 4 nitrogen and oxygen atoms in total. The summed E-state index contributed by atoms with van der Waals surface area (Å²) in [6, 6.07) is 13.8. The van der Waals surface area contributed by atoms with Gasteiger partial charge in [0.05, 0.1) is 12.5 Å². The summed E-state index contributed by atoms with van der Waals surface area (Å²) in [5.74, 6) is -0.450. The van der Waals surface area contributed by atoms with Crippen LogP contribution in [0.1, 0.15) is 36.1 Å². The van der Waals surface area contributed by atoms with Crippen molar-refractivity contribution in [3.63, 3.8) is 0 Å². The number of nitrogens with one attached hydrogen (secondary N) is 1. The molecule has 0 aromatic heterocycles. The molecule has 0 spiro atoms. The van der Waals surface area contributed by atoms with Gasteiger partial charge in [-0.2, -0.15) is 0 Å². The van der Waals surface area contributed by atoms with Crippen LogP contribution in [0, 0.1) is 5.82 Å². The number of fused-ring (bicyclic) bond motifs is 1. The van der Waals surface area contributed by atoms with Crippen molar-refractivity contribution in [2.75, 3.05) is 6.54 Å². The average molecular weight is 340 g/mol. The Morgan fingerprint density at radius 3 is 2.60 bits per heavy atom. The van der Waals surface area contributed by atoms with E-state index in [9.17, 15) is 14.0 Å². The number of carbonyl (C=O) groups is 2. The van der Waals surface area contributed by atoms with E-state index in [2.05, 4.69) is 11.4 Å². The molecule has 2 aromatic carbocycles. The normalized spacial score (nSPS) is 16.2. The van der Waals surface area contributed by atoms with Crippen LogP contribution < -0.4 is 5.32 Å². The van der Waals surface area contributed by atoms with Gasteiger partial charge in [-0.25, -0.2) is 4.39 Å². The Balaban J connectivity index is 1.69. The summed E-state index contributed by atoms with van der Waals surface area (Å²) in [6.45, 7) is 2.51. The number of hydrogen-bond acceptors (Lipinski definition) is 2. The minimum atomic E-state index is -0.300. The predicted molar refractivity (Wildman–Crippen MR) is 93.1 cm³/mol. The number of nitrogens with zero attached hydrogens (tertiary/aromatic N) is 1. The highest BCUT2D eigenvalue weighted by Gasteiger charge is 2.30. The van der Waals surface area contributed by atoms with Crippen molar-refractivity contribution >= 4 is 11.8 Å². The van der Waals surface area contributed by atoms with Gasteiger partial charge in [0.2, 0.25) is 11.8 Å². The van der Waals surface area contributed by atoms with Gasteiger partial charge in [0.15, 0.2) is 0 Å². The lowest BCUT2D eigenvalue weighted by molar-refractivity contribution is -0.133. The van der Waals surface area contributed by atoms with Crippen molar-refractivity contribution in [1.82, 2.24) is 10.2 Å². The van der Waals surface area contributed by atoms with E-state index < -0.39 is 0 Å². The summed E-state index contributed by atoms with van der Waals surface area (Å²) in [4.78, 5) is 26.1. The van der Waals surface area contributed by atoms with E-state index >= 15 is 0 Å². The fourth-order valence-electron chi connectivity index (χ4n) is 3.30. The van der Waals surface area contributed by atoms with Crippen molar-refractivity contribution in [3.05, 3.63) is 71.0 Å². The number of halogens is 1. The zero-order chi connectivity index (χ0) is 17.8. The van der Waals surface area contributed by atoms with Gasteiger partial charge in [-0.15, -0.1) is 0 Å². The maximum Gasteiger partial charge on any atom is 0.222 e. The number of carbonyl (C=O) groups excluding carboxylic acids is 2.